The number of carbonyl (C=O) groups excluding carboxylic acids is 1. The van der Waals surface area contributed by atoms with E-state index in [0.717, 1.165) is 22.6 Å². The molecule has 5 rings (SSSR count). The molecule has 3 aromatic carbocycles. The Labute approximate surface area is 212 Å². The van der Waals surface area contributed by atoms with Gasteiger partial charge in [0.1, 0.15) is 17.4 Å². The Morgan fingerprint density at radius 3 is 2.39 bits per heavy atom. The highest BCUT2D eigenvalue weighted by Gasteiger charge is 2.16. The minimum atomic E-state index is -0.293. The van der Waals surface area contributed by atoms with Gasteiger partial charge in [0.05, 0.1) is 12.8 Å². The first kappa shape index (κ1) is 23.6. The van der Waals surface area contributed by atoms with Gasteiger partial charge in [0, 0.05) is 23.4 Å². The summed E-state index contributed by atoms with van der Waals surface area (Å²) in [6.45, 7) is 0.341. The maximum Gasteiger partial charge on any atom is 0.251 e. The van der Waals surface area contributed by atoms with Gasteiger partial charge in [-0.05, 0) is 59.7 Å². The van der Waals surface area contributed by atoms with Crippen LogP contribution in [-0.2, 0) is 18.7 Å². The molecule has 0 radical (unpaired) electrons. The smallest absolute Gasteiger partial charge is 0.251 e. The number of thioether (sulfide) groups is 1. The van der Waals surface area contributed by atoms with Gasteiger partial charge in [-0.3, -0.25) is 9.36 Å². The monoisotopic (exact) mass is 498 g/mol. The molecule has 5 aromatic rings. The van der Waals surface area contributed by atoms with Crippen LogP contribution in [0.25, 0.3) is 5.69 Å². The first-order chi connectivity index (χ1) is 17.7. The predicted octanol–water partition coefficient (Wildman–Crippen LogP) is 5.81. The minimum Gasteiger partial charge on any atom is -0.467 e. The molecular formula is C28H23FN4O2S. The number of benzene rings is 3. The van der Waals surface area contributed by atoms with Crippen LogP contribution < -0.4 is 5.32 Å². The Bertz CT molecular complexity index is 1420. The molecule has 0 aliphatic rings. The number of nitrogens with zero attached hydrogens (tertiary/aromatic N) is 3. The third-order valence-electron chi connectivity index (χ3n) is 5.58. The van der Waals surface area contributed by atoms with Crippen molar-refractivity contribution >= 4 is 17.7 Å². The molecule has 180 valence electrons. The van der Waals surface area contributed by atoms with E-state index >= 15 is 0 Å². The number of rotatable bonds is 9. The lowest BCUT2D eigenvalue weighted by Crippen LogP contribution is -2.22. The molecule has 0 unspecified atom stereocenters. The first-order valence-electron chi connectivity index (χ1n) is 11.4. The predicted molar refractivity (Wildman–Crippen MR) is 136 cm³/mol. The van der Waals surface area contributed by atoms with Crippen molar-refractivity contribution < 1.29 is 13.6 Å². The molecule has 0 fully saturated rings. The highest BCUT2D eigenvalue weighted by Crippen LogP contribution is 2.26. The van der Waals surface area contributed by atoms with E-state index in [4.69, 9.17) is 4.42 Å². The highest BCUT2D eigenvalue weighted by molar-refractivity contribution is 7.98. The lowest BCUT2D eigenvalue weighted by Gasteiger charge is -2.11. The normalized spacial score (nSPS) is 10.9. The van der Waals surface area contributed by atoms with Crippen LogP contribution >= 0.6 is 11.8 Å². The number of carbonyl (C=O) groups is 1. The summed E-state index contributed by atoms with van der Waals surface area (Å²) in [6.07, 6.45) is 2.18. The quantitative estimate of drug-likeness (QED) is 0.260. The average molecular weight is 499 g/mol. The zero-order valence-corrected chi connectivity index (χ0v) is 20.1. The molecular weight excluding hydrogens is 475 g/mol. The van der Waals surface area contributed by atoms with Crippen molar-refractivity contribution in [3.8, 4) is 5.69 Å². The van der Waals surface area contributed by atoms with E-state index in [-0.39, 0.29) is 11.7 Å². The zero-order valence-electron chi connectivity index (χ0n) is 19.3. The minimum absolute atomic E-state index is 0.160. The van der Waals surface area contributed by atoms with E-state index in [0.29, 0.717) is 35.2 Å². The molecule has 1 amide bonds. The van der Waals surface area contributed by atoms with E-state index < -0.39 is 0 Å². The molecule has 0 aliphatic carbocycles. The third-order valence-corrected chi connectivity index (χ3v) is 6.58. The SMILES string of the molecule is O=C(NCc1ccco1)c1ccc(CSc2nnc(Cc3ccccc3)n2-c2ccc(F)cc2)cc1. The number of hydrogen-bond donors (Lipinski definition) is 1. The average Bonchev–Trinajstić information content (AvgIpc) is 3.58. The van der Waals surface area contributed by atoms with Crippen LogP contribution in [0.1, 0.15) is 33.1 Å². The Morgan fingerprint density at radius 2 is 1.67 bits per heavy atom. The summed E-state index contributed by atoms with van der Waals surface area (Å²) in [4.78, 5) is 12.4. The molecule has 36 heavy (non-hydrogen) atoms. The second-order valence-corrected chi connectivity index (χ2v) is 9.06. The third kappa shape index (κ3) is 5.72. The second kappa shape index (κ2) is 11.0. The van der Waals surface area contributed by atoms with E-state index in [2.05, 4.69) is 15.5 Å². The van der Waals surface area contributed by atoms with Crippen LogP contribution in [0.15, 0.2) is 107 Å². The molecule has 0 aliphatic heterocycles. The van der Waals surface area contributed by atoms with Gasteiger partial charge in [-0.1, -0.05) is 54.2 Å². The fourth-order valence-electron chi connectivity index (χ4n) is 3.72. The van der Waals surface area contributed by atoms with Crippen molar-refractivity contribution in [1.29, 1.82) is 0 Å². The van der Waals surface area contributed by atoms with Crippen LogP contribution in [0.4, 0.5) is 4.39 Å². The number of hydrogen-bond acceptors (Lipinski definition) is 5. The maximum atomic E-state index is 13.6. The Morgan fingerprint density at radius 1 is 0.889 bits per heavy atom. The van der Waals surface area contributed by atoms with Gasteiger partial charge in [-0.15, -0.1) is 10.2 Å². The van der Waals surface area contributed by atoms with Crippen LogP contribution in [0, 0.1) is 5.82 Å². The Balaban J connectivity index is 1.29. The number of amides is 1. The van der Waals surface area contributed by atoms with Crippen molar-refractivity contribution in [1.82, 2.24) is 20.1 Å². The van der Waals surface area contributed by atoms with Crippen LogP contribution in [0.3, 0.4) is 0 Å². The molecule has 1 N–H and O–H groups in total. The number of furan rings is 1. The van der Waals surface area contributed by atoms with Crippen molar-refractivity contribution in [3.63, 3.8) is 0 Å². The van der Waals surface area contributed by atoms with Crippen molar-refractivity contribution in [2.24, 2.45) is 0 Å². The molecule has 2 aromatic heterocycles. The molecule has 8 heteroatoms. The summed E-state index contributed by atoms with van der Waals surface area (Å²) in [5.41, 5.74) is 3.54. The first-order valence-corrected chi connectivity index (χ1v) is 12.4. The van der Waals surface area contributed by atoms with Crippen molar-refractivity contribution in [2.75, 3.05) is 0 Å². The summed E-state index contributed by atoms with van der Waals surface area (Å²) in [5.74, 6) is 1.66. The molecule has 0 bridgehead atoms. The Hall–Kier alpha value is -4.17. The van der Waals surface area contributed by atoms with Crippen LogP contribution in [0.5, 0.6) is 0 Å². The fraction of sp³-hybridized carbons (Fsp3) is 0.107. The van der Waals surface area contributed by atoms with Gasteiger partial charge in [0.15, 0.2) is 5.16 Å². The highest BCUT2D eigenvalue weighted by atomic mass is 32.2. The van der Waals surface area contributed by atoms with Gasteiger partial charge < -0.3 is 9.73 Å². The summed E-state index contributed by atoms with van der Waals surface area (Å²) in [7, 11) is 0. The van der Waals surface area contributed by atoms with Gasteiger partial charge in [-0.25, -0.2) is 4.39 Å². The van der Waals surface area contributed by atoms with Gasteiger partial charge in [0.25, 0.3) is 5.91 Å². The summed E-state index contributed by atoms with van der Waals surface area (Å²) >= 11 is 1.54. The number of aromatic nitrogens is 3. The van der Waals surface area contributed by atoms with E-state index in [1.54, 1.807) is 36.6 Å². The second-order valence-electron chi connectivity index (χ2n) is 8.12. The lowest BCUT2D eigenvalue weighted by molar-refractivity contribution is 0.0948. The molecule has 2 heterocycles. The molecule has 0 saturated carbocycles. The van der Waals surface area contributed by atoms with E-state index in [1.165, 1.54) is 23.9 Å². The lowest BCUT2D eigenvalue weighted by atomic mass is 10.1. The number of nitrogens with one attached hydrogen (secondary N) is 1. The van der Waals surface area contributed by atoms with Crippen LogP contribution in [-0.4, -0.2) is 20.7 Å². The topological polar surface area (TPSA) is 73.0 Å². The van der Waals surface area contributed by atoms with Gasteiger partial charge in [0.2, 0.25) is 0 Å². The van der Waals surface area contributed by atoms with Crippen molar-refractivity contribution in [2.45, 2.75) is 23.9 Å². The van der Waals surface area contributed by atoms with Crippen molar-refractivity contribution in [3.05, 3.63) is 131 Å². The standard InChI is InChI=1S/C28H23FN4O2S/c29-23-12-14-24(15-13-23)33-26(17-20-5-2-1-3-6-20)31-32-28(33)36-19-21-8-10-22(11-9-21)27(34)30-18-25-7-4-16-35-25/h1-16H,17-19H2,(H,30,34). The largest absolute Gasteiger partial charge is 0.467 e. The van der Waals surface area contributed by atoms with Gasteiger partial charge in [-0.2, -0.15) is 0 Å². The number of halogens is 1. The maximum absolute atomic E-state index is 13.6. The van der Waals surface area contributed by atoms with Crippen LogP contribution in [0.2, 0.25) is 0 Å². The summed E-state index contributed by atoms with van der Waals surface area (Å²) in [5, 5.41) is 12.4. The zero-order chi connectivity index (χ0) is 24.7. The van der Waals surface area contributed by atoms with Gasteiger partial charge >= 0.3 is 0 Å². The van der Waals surface area contributed by atoms with E-state index in [9.17, 15) is 9.18 Å². The summed E-state index contributed by atoms with van der Waals surface area (Å²) in [6, 6.07) is 27.4. The molecule has 0 saturated heterocycles. The molecule has 0 atom stereocenters. The molecule has 6 nitrogen and oxygen atoms in total. The molecule has 0 spiro atoms. The Kier molecular flexibility index (Phi) is 7.23. The van der Waals surface area contributed by atoms with E-state index in [1.807, 2.05) is 53.1 Å². The fourth-order valence-corrected chi connectivity index (χ4v) is 4.65. The summed E-state index contributed by atoms with van der Waals surface area (Å²) < 4.78 is 20.8.